The second kappa shape index (κ2) is 6.57. The summed E-state index contributed by atoms with van der Waals surface area (Å²) >= 11 is 0. The maximum absolute atomic E-state index is 12.1. The molecule has 1 atom stereocenters. The molecule has 0 saturated carbocycles. The molecule has 1 aliphatic rings. The average Bonchev–Trinajstić information content (AvgIpc) is 3.31. The maximum Gasteiger partial charge on any atom is 0.253 e. The van der Waals surface area contributed by atoms with Crippen molar-refractivity contribution < 1.29 is 18.7 Å². The predicted octanol–water partition coefficient (Wildman–Crippen LogP) is 3.62. The lowest BCUT2D eigenvalue weighted by molar-refractivity contribution is -0.124. The summed E-state index contributed by atoms with van der Waals surface area (Å²) in [6.45, 7) is 0.644. The lowest BCUT2D eigenvalue weighted by Gasteiger charge is -2.09. The fraction of sp³-hybridized carbons (Fsp3) is 0.263. The number of anilines is 1. The number of oxazole rings is 1. The summed E-state index contributed by atoms with van der Waals surface area (Å²) in [7, 11) is 1.63. The molecular formula is C19H18N2O4. The zero-order chi connectivity index (χ0) is 17.2. The fourth-order valence-electron chi connectivity index (χ4n) is 2.87. The van der Waals surface area contributed by atoms with Crippen LogP contribution in [0.1, 0.15) is 12.8 Å². The third-order valence-electron chi connectivity index (χ3n) is 4.21. The Balaban J connectivity index is 1.57. The number of hydrogen-bond acceptors (Lipinski definition) is 5. The molecular weight excluding hydrogens is 320 g/mol. The Labute approximate surface area is 144 Å². The Hall–Kier alpha value is -2.86. The Bertz CT molecular complexity index is 895. The summed E-state index contributed by atoms with van der Waals surface area (Å²) in [4.78, 5) is 16.7. The van der Waals surface area contributed by atoms with E-state index in [1.165, 1.54) is 0 Å². The minimum Gasteiger partial charge on any atom is -0.497 e. The number of benzene rings is 2. The number of carbonyl (C=O) groups excluding carboxylic acids is 1. The maximum atomic E-state index is 12.1. The van der Waals surface area contributed by atoms with Gasteiger partial charge in [0.1, 0.15) is 17.4 Å². The second-order valence-corrected chi connectivity index (χ2v) is 5.92. The van der Waals surface area contributed by atoms with Crippen LogP contribution in [0, 0.1) is 0 Å². The Morgan fingerprint density at radius 2 is 2.08 bits per heavy atom. The molecule has 0 aliphatic carbocycles. The van der Waals surface area contributed by atoms with Crippen molar-refractivity contribution in [3.8, 4) is 17.2 Å². The van der Waals surface area contributed by atoms with Gasteiger partial charge in [-0.05, 0) is 55.3 Å². The number of methoxy groups -OCH3 is 1. The van der Waals surface area contributed by atoms with Gasteiger partial charge in [-0.2, -0.15) is 0 Å². The van der Waals surface area contributed by atoms with E-state index >= 15 is 0 Å². The predicted molar refractivity (Wildman–Crippen MR) is 93.6 cm³/mol. The molecule has 4 rings (SSSR count). The highest BCUT2D eigenvalue weighted by Gasteiger charge is 2.23. The van der Waals surface area contributed by atoms with Crippen LogP contribution in [0.2, 0.25) is 0 Å². The number of aromatic nitrogens is 1. The Morgan fingerprint density at radius 1 is 1.24 bits per heavy atom. The van der Waals surface area contributed by atoms with Crippen molar-refractivity contribution in [3.63, 3.8) is 0 Å². The minimum atomic E-state index is -0.358. The number of fused-ring (bicyclic) bond motifs is 1. The summed E-state index contributed by atoms with van der Waals surface area (Å²) in [5, 5.41) is 2.88. The van der Waals surface area contributed by atoms with E-state index in [1.807, 2.05) is 24.3 Å². The summed E-state index contributed by atoms with van der Waals surface area (Å²) in [6, 6.07) is 12.9. The van der Waals surface area contributed by atoms with E-state index in [0.29, 0.717) is 29.3 Å². The van der Waals surface area contributed by atoms with Crippen LogP contribution in [0.25, 0.3) is 22.6 Å². The molecule has 2 aromatic carbocycles. The van der Waals surface area contributed by atoms with E-state index in [0.717, 1.165) is 24.2 Å². The van der Waals surface area contributed by atoms with Crippen LogP contribution in [-0.4, -0.2) is 30.7 Å². The first kappa shape index (κ1) is 15.7. The van der Waals surface area contributed by atoms with E-state index in [-0.39, 0.29) is 12.0 Å². The van der Waals surface area contributed by atoms with Gasteiger partial charge in [0.05, 0.1) is 7.11 Å². The molecule has 6 nitrogen and oxygen atoms in total. The van der Waals surface area contributed by atoms with Gasteiger partial charge in [0.2, 0.25) is 5.89 Å². The summed E-state index contributed by atoms with van der Waals surface area (Å²) in [5.41, 5.74) is 2.90. The zero-order valence-electron chi connectivity index (χ0n) is 13.8. The lowest BCUT2D eigenvalue weighted by atomic mass is 10.2. The van der Waals surface area contributed by atoms with Gasteiger partial charge < -0.3 is 19.2 Å². The highest BCUT2D eigenvalue weighted by atomic mass is 16.5. The number of nitrogens with one attached hydrogen (secondary N) is 1. The van der Waals surface area contributed by atoms with Crippen LogP contribution in [0.4, 0.5) is 5.69 Å². The molecule has 128 valence electrons. The third-order valence-corrected chi connectivity index (χ3v) is 4.21. The van der Waals surface area contributed by atoms with E-state index in [9.17, 15) is 4.79 Å². The topological polar surface area (TPSA) is 73.6 Å². The standard InChI is InChI=1S/C19H18N2O4/c1-23-14-7-4-12(5-8-14)19-21-15-11-13(6-9-16(15)25-19)20-18(22)17-3-2-10-24-17/h4-9,11,17H,2-3,10H2,1H3,(H,20,22). The van der Waals surface area contributed by atoms with Gasteiger partial charge in [0.15, 0.2) is 5.58 Å². The third kappa shape index (κ3) is 3.21. The van der Waals surface area contributed by atoms with Crippen molar-refractivity contribution in [1.29, 1.82) is 0 Å². The molecule has 0 spiro atoms. The first-order valence-corrected chi connectivity index (χ1v) is 8.20. The molecule has 1 amide bonds. The molecule has 1 aliphatic heterocycles. The fourth-order valence-corrected chi connectivity index (χ4v) is 2.87. The van der Waals surface area contributed by atoms with Gasteiger partial charge in [0.25, 0.3) is 5.91 Å². The molecule has 2 heterocycles. The molecule has 1 N–H and O–H groups in total. The first-order chi connectivity index (χ1) is 12.2. The lowest BCUT2D eigenvalue weighted by Crippen LogP contribution is -2.26. The summed E-state index contributed by atoms with van der Waals surface area (Å²) < 4.78 is 16.4. The highest BCUT2D eigenvalue weighted by Crippen LogP contribution is 2.27. The van der Waals surface area contributed by atoms with E-state index < -0.39 is 0 Å². The van der Waals surface area contributed by atoms with Crippen LogP contribution in [0.3, 0.4) is 0 Å². The van der Waals surface area contributed by atoms with Crippen molar-refractivity contribution in [3.05, 3.63) is 42.5 Å². The number of nitrogens with zero attached hydrogens (tertiary/aromatic N) is 1. The molecule has 3 aromatic rings. The minimum absolute atomic E-state index is 0.115. The summed E-state index contributed by atoms with van der Waals surface area (Å²) in [6.07, 6.45) is 1.33. The molecule has 0 radical (unpaired) electrons. The number of carbonyl (C=O) groups is 1. The van der Waals surface area contributed by atoms with Crippen molar-refractivity contribution in [2.45, 2.75) is 18.9 Å². The van der Waals surface area contributed by atoms with E-state index in [1.54, 1.807) is 25.3 Å². The van der Waals surface area contributed by atoms with Crippen molar-refractivity contribution in [2.75, 3.05) is 19.0 Å². The van der Waals surface area contributed by atoms with E-state index in [2.05, 4.69) is 10.3 Å². The first-order valence-electron chi connectivity index (χ1n) is 8.20. The largest absolute Gasteiger partial charge is 0.497 e. The van der Waals surface area contributed by atoms with Crippen LogP contribution in [0.5, 0.6) is 5.75 Å². The van der Waals surface area contributed by atoms with Crippen molar-refractivity contribution >= 4 is 22.7 Å². The van der Waals surface area contributed by atoms with Crippen LogP contribution in [0.15, 0.2) is 46.9 Å². The Morgan fingerprint density at radius 3 is 2.80 bits per heavy atom. The normalized spacial score (nSPS) is 16.9. The van der Waals surface area contributed by atoms with Gasteiger partial charge in [-0.15, -0.1) is 0 Å². The molecule has 1 unspecified atom stereocenters. The van der Waals surface area contributed by atoms with E-state index in [4.69, 9.17) is 13.9 Å². The number of ether oxygens (including phenoxy) is 2. The van der Waals surface area contributed by atoms with Gasteiger partial charge >= 0.3 is 0 Å². The van der Waals surface area contributed by atoms with Gasteiger partial charge in [0, 0.05) is 17.9 Å². The van der Waals surface area contributed by atoms with Crippen LogP contribution < -0.4 is 10.1 Å². The van der Waals surface area contributed by atoms with Crippen LogP contribution in [-0.2, 0) is 9.53 Å². The molecule has 6 heteroatoms. The SMILES string of the molecule is COc1ccc(-c2nc3cc(NC(=O)C4CCCO4)ccc3o2)cc1. The number of rotatable bonds is 4. The number of amides is 1. The van der Waals surface area contributed by atoms with Crippen molar-refractivity contribution in [1.82, 2.24) is 4.98 Å². The average molecular weight is 338 g/mol. The zero-order valence-corrected chi connectivity index (χ0v) is 13.8. The van der Waals surface area contributed by atoms with Gasteiger partial charge in [-0.3, -0.25) is 4.79 Å². The van der Waals surface area contributed by atoms with Gasteiger partial charge in [-0.1, -0.05) is 0 Å². The summed E-state index contributed by atoms with van der Waals surface area (Å²) in [5.74, 6) is 1.19. The molecule has 0 bridgehead atoms. The Kier molecular flexibility index (Phi) is 4.11. The van der Waals surface area contributed by atoms with Crippen molar-refractivity contribution in [2.24, 2.45) is 0 Å². The van der Waals surface area contributed by atoms with Crippen LogP contribution >= 0.6 is 0 Å². The highest BCUT2D eigenvalue weighted by molar-refractivity contribution is 5.96. The number of hydrogen-bond donors (Lipinski definition) is 1. The molecule has 1 aromatic heterocycles. The molecule has 25 heavy (non-hydrogen) atoms. The molecule has 1 saturated heterocycles. The molecule has 1 fully saturated rings. The monoisotopic (exact) mass is 338 g/mol. The van der Waals surface area contributed by atoms with Gasteiger partial charge in [-0.25, -0.2) is 4.98 Å². The second-order valence-electron chi connectivity index (χ2n) is 5.92. The smallest absolute Gasteiger partial charge is 0.253 e. The quantitative estimate of drug-likeness (QED) is 0.786.